The molecule has 17 heavy (non-hydrogen) atoms. The van der Waals surface area contributed by atoms with E-state index in [9.17, 15) is 4.79 Å². The van der Waals surface area contributed by atoms with E-state index < -0.39 is 5.97 Å². The Hall–Kier alpha value is -1.39. The van der Waals surface area contributed by atoms with E-state index in [-0.39, 0.29) is 5.92 Å². The molecule has 1 unspecified atom stereocenters. The molecule has 0 aliphatic rings. The van der Waals surface area contributed by atoms with Crippen molar-refractivity contribution in [3.05, 3.63) is 35.2 Å². The quantitative estimate of drug-likeness (QED) is 0.855. The van der Waals surface area contributed by atoms with E-state index in [0.29, 0.717) is 19.4 Å². The summed E-state index contributed by atoms with van der Waals surface area (Å²) in [7, 11) is 0. The minimum atomic E-state index is -0.759. The molecule has 1 aromatic heterocycles. The lowest BCUT2D eigenvalue weighted by atomic mass is 9.96. The largest absolute Gasteiger partial charge is 0.481 e. The van der Waals surface area contributed by atoms with E-state index in [2.05, 4.69) is 11.4 Å². The van der Waals surface area contributed by atoms with Gasteiger partial charge in [0.2, 0.25) is 0 Å². The average molecular weight is 249 g/mol. The van der Waals surface area contributed by atoms with Gasteiger partial charge in [0, 0.05) is 4.70 Å². The average Bonchev–Trinajstić information content (AvgIpc) is 2.72. The summed E-state index contributed by atoms with van der Waals surface area (Å²) in [6.45, 7) is 0.416. The molecule has 4 heteroatoms. The van der Waals surface area contributed by atoms with E-state index in [1.807, 2.05) is 18.2 Å². The maximum absolute atomic E-state index is 11.1. The summed E-state index contributed by atoms with van der Waals surface area (Å²) < 4.78 is 1.21. The zero-order valence-corrected chi connectivity index (χ0v) is 10.2. The maximum Gasteiger partial charge on any atom is 0.306 e. The van der Waals surface area contributed by atoms with Crippen LogP contribution in [0.1, 0.15) is 12.0 Å². The number of benzene rings is 1. The summed E-state index contributed by atoms with van der Waals surface area (Å²) in [5.41, 5.74) is 6.57. The second-order valence-electron chi connectivity index (χ2n) is 4.07. The fourth-order valence-electron chi connectivity index (χ4n) is 1.97. The number of thiophene rings is 1. The fourth-order valence-corrected chi connectivity index (χ4v) is 2.95. The van der Waals surface area contributed by atoms with Crippen molar-refractivity contribution in [2.45, 2.75) is 12.8 Å². The molecule has 1 heterocycles. The van der Waals surface area contributed by atoms with E-state index >= 15 is 0 Å². The molecule has 90 valence electrons. The lowest BCUT2D eigenvalue weighted by molar-refractivity contribution is -0.141. The number of carbonyl (C=O) groups is 1. The van der Waals surface area contributed by atoms with Crippen molar-refractivity contribution < 1.29 is 9.90 Å². The molecular weight excluding hydrogens is 234 g/mol. The molecule has 3 N–H and O–H groups in total. The number of fused-ring (bicyclic) bond motifs is 1. The van der Waals surface area contributed by atoms with Crippen molar-refractivity contribution in [3.8, 4) is 0 Å². The van der Waals surface area contributed by atoms with Crippen molar-refractivity contribution in [2.24, 2.45) is 11.7 Å². The van der Waals surface area contributed by atoms with Crippen LogP contribution in [0.15, 0.2) is 29.6 Å². The summed E-state index contributed by atoms with van der Waals surface area (Å²) in [6, 6.07) is 8.08. The summed E-state index contributed by atoms with van der Waals surface area (Å²) in [5, 5.41) is 12.3. The van der Waals surface area contributed by atoms with Crippen molar-refractivity contribution in [3.63, 3.8) is 0 Å². The van der Waals surface area contributed by atoms with E-state index in [0.717, 1.165) is 5.56 Å². The van der Waals surface area contributed by atoms with Gasteiger partial charge in [0.25, 0.3) is 0 Å². The Morgan fingerprint density at radius 3 is 2.88 bits per heavy atom. The van der Waals surface area contributed by atoms with Crippen molar-refractivity contribution in [2.75, 3.05) is 6.54 Å². The van der Waals surface area contributed by atoms with Gasteiger partial charge in [0.05, 0.1) is 5.92 Å². The number of hydrogen-bond donors (Lipinski definition) is 2. The molecule has 0 saturated heterocycles. The Balaban J connectivity index is 2.25. The van der Waals surface area contributed by atoms with Crippen LogP contribution in [0.5, 0.6) is 0 Å². The maximum atomic E-state index is 11.1. The van der Waals surface area contributed by atoms with Crippen LogP contribution in [0.4, 0.5) is 0 Å². The van der Waals surface area contributed by atoms with Gasteiger partial charge in [-0.25, -0.2) is 0 Å². The summed E-state index contributed by atoms with van der Waals surface area (Å²) >= 11 is 1.66. The number of rotatable bonds is 5. The first-order chi connectivity index (χ1) is 8.22. The third-order valence-electron chi connectivity index (χ3n) is 2.89. The highest BCUT2D eigenvalue weighted by Crippen LogP contribution is 2.28. The van der Waals surface area contributed by atoms with Gasteiger partial charge in [-0.05, 0) is 41.8 Å². The molecule has 0 fully saturated rings. The minimum Gasteiger partial charge on any atom is -0.481 e. The first-order valence-electron chi connectivity index (χ1n) is 5.60. The Morgan fingerprint density at radius 1 is 1.41 bits per heavy atom. The third-order valence-corrected chi connectivity index (χ3v) is 3.90. The van der Waals surface area contributed by atoms with Crippen LogP contribution in [0, 0.1) is 5.92 Å². The number of aliphatic carboxylic acids is 1. The Morgan fingerprint density at radius 2 is 2.18 bits per heavy atom. The van der Waals surface area contributed by atoms with Gasteiger partial charge < -0.3 is 10.8 Å². The van der Waals surface area contributed by atoms with Gasteiger partial charge in [0.15, 0.2) is 0 Å². The zero-order valence-electron chi connectivity index (χ0n) is 9.43. The van der Waals surface area contributed by atoms with Crippen molar-refractivity contribution in [1.29, 1.82) is 0 Å². The van der Waals surface area contributed by atoms with Crippen molar-refractivity contribution >= 4 is 27.4 Å². The summed E-state index contributed by atoms with van der Waals surface area (Å²) in [4.78, 5) is 11.1. The molecule has 0 aliphatic carbocycles. The van der Waals surface area contributed by atoms with Crippen LogP contribution in [0.25, 0.3) is 10.1 Å². The van der Waals surface area contributed by atoms with E-state index in [4.69, 9.17) is 10.8 Å². The molecule has 1 aromatic carbocycles. The van der Waals surface area contributed by atoms with Crippen LogP contribution >= 0.6 is 11.3 Å². The Kier molecular flexibility index (Phi) is 3.76. The normalized spacial score (nSPS) is 12.8. The van der Waals surface area contributed by atoms with Gasteiger partial charge in [-0.15, -0.1) is 11.3 Å². The Labute approximate surface area is 104 Å². The lowest BCUT2D eigenvalue weighted by Gasteiger charge is -2.10. The molecule has 0 aliphatic heterocycles. The predicted molar refractivity (Wildman–Crippen MR) is 70.3 cm³/mol. The molecule has 3 nitrogen and oxygen atoms in total. The van der Waals surface area contributed by atoms with Gasteiger partial charge in [-0.2, -0.15) is 0 Å². The van der Waals surface area contributed by atoms with Gasteiger partial charge in [-0.1, -0.05) is 18.2 Å². The molecule has 0 saturated carbocycles. The standard InChI is InChI=1S/C13H15NO2S/c14-6-5-9(13(15)16)7-10-8-17-12-4-2-1-3-11(10)12/h1-4,8-9H,5-7,14H2,(H,15,16). The third kappa shape index (κ3) is 2.65. The minimum absolute atomic E-state index is 0.377. The number of carboxylic acid groups (broad SMARTS) is 1. The zero-order chi connectivity index (χ0) is 12.3. The van der Waals surface area contributed by atoms with Crippen LogP contribution in [0.3, 0.4) is 0 Å². The van der Waals surface area contributed by atoms with E-state index in [1.165, 1.54) is 10.1 Å². The molecule has 2 aromatic rings. The van der Waals surface area contributed by atoms with Crippen molar-refractivity contribution in [1.82, 2.24) is 0 Å². The molecule has 0 amide bonds. The van der Waals surface area contributed by atoms with Gasteiger partial charge >= 0.3 is 5.97 Å². The first kappa shape index (κ1) is 12.1. The monoisotopic (exact) mass is 249 g/mol. The van der Waals surface area contributed by atoms with Crippen LogP contribution in [0.2, 0.25) is 0 Å². The van der Waals surface area contributed by atoms with Gasteiger partial charge in [0.1, 0.15) is 0 Å². The lowest BCUT2D eigenvalue weighted by Crippen LogP contribution is -2.20. The smallest absolute Gasteiger partial charge is 0.306 e. The predicted octanol–water partition coefficient (Wildman–Crippen LogP) is 2.49. The van der Waals surface area contributed by atoms with Crippen LogP contribution in [-0.2, 0) is 11.2 Å². The highest BCUT2D eigenvalue weighted by Gasteiger charge is 2.18. The van der Waals surface area contributed by atoms with Gasteiger partial charge in [-0.3, -0.25) is 4.79 Å². The molecule has 0 bridgehead atoms. The van der Waals surface area contributed by atoms with Crippen LogP contribution in [-0.4, -0.2) is 17.6 Å². The van der Waals surface area contributed by atoms with Crippen LogP contribution < -0.4 is 5.73 Å². The highest BCUT2D eigenvalue weighted by atomic mass is 32.1. The molecule has 2 rings (SSSR count). The molecule has 0 spiro atoms. The number of hydrogen-bond acceptors (Lipinski definition) is 3. The number of carboxylic acids is 1. The number of nitrogens with two attached hydrogens (primary N) is 1. The fraction of sp³-hybridized carbons (Fsp3) is 0.308. The second kappa shape index (κ2) is 5.29. The summed E-state index contributed by atoms with van der Waals surface area (Å²) in [6.07, 6.45) is 1.09. The molecule has 0 radical (unpaired) electrons. The topological polar surface area (TPSA) is 63.3 Å². The Bertz CT molecular complexity index is 521. The molecular formula is C13H15NO2S. The van der Waals surface area contributed by atoms with E-state index in [1.54, 1.807) is 11.3 Å². The first-order valence-corrected chi connectivity index (χ1v) is 6.48. The summed E-state index contributed by atoms with van der Waals surface area (Å²) in [5.74, 6) is -1.14. The molecule has 1 atom stereocenters. The highest BCUT2D eigenvalue weighted by molar-refractivity contribution is 7.17. The second-order valence-corrected chi connectivity index (χ2v) is 4.98. The SMILES string of the molecule is NCCC(Cc1csc2ccccc12)C(=O)O.